The number of nitrogens with one attached hydrogen (secondary N) is 1. The van der Waals surface area contributed by atoms with Crippen LogP contribution in [0.5, 0.6) is 0 Å². The minimum atomic E-state index is -0.315. The molecule has 5 nitrogen and oxygen atoms in total. The van der Waals surface area contributed by atoms with Gasteiger partial charge in [0.15, 0.2) is 0 Å². The van der Waals surface area contributed by atoms with Crippen molar-refractivity contribution >= 4 is 5.91 Å². The Morgan fingerprint density at radius 1 is 1.12 bits per heavy atom. The van der Waals surface area contributed by atoms with E-state index in [0.29, 0.717) is 25.7 Å². The lowest BCUT2D eigenvalue weighted by Gasteiger charge is -2.46. The van der Waals surface area contributed by atoms with Crippen molar-refractivity contribution in [3.8, 4) is 0 Å². The zero-order chi connectivity index (χ0) is 22.1. The summed E-state index contributed by atoms with van der Waals surface area (Å²) >= 11 is 0. The number of morpholine rings is 1. The van der Waals surface area contributed by atoms with Crippen molar-refractivity contribution in [3.63, 3.8) is 0 Å². The van der Waals surface area contributed by atoms with Crippen LogP contribution in [0.3, 0.4) is 0 Å². The van der Waals surface area contributed by atoms with Gasteiger partial charge < -0.3 is 20.1 Å². The van der Waals surface area contributed by atoms with Crippen LogP contribution in [0.25, 0.3) is 0 Å². The van der Waals surface area contributed by atoms with Crippen LogP contribution in [0.4, 0.5) is 0 Å². The van der Waals surface area contributed by atoms with Gasteiger partial charge >= 0.3 is 0 Å². The number of hydrogen-bond donors (Lipinski definition) is 2. The molecule has 2 N–H and O–H groups in total. The van der Waals surface area contributed by atoms with Crippen molar-refractivity contribution in [3.05, 3.63) is 34.9 Å². The second kappa shape index (κ2) is 9.82. The van der Waals surface area contributed by atoms with Gasteiger partial charge in [0.05, 0.1) is 31.4 Å². The normalized spacial score (nSPS) is 33.4. The Balaban J connectivity index is 1.25. The minimum Gasteiger partial charge on any atom is -0.391 e. The highest BCUT2D eigenvalue weighted by Crippen LogP contribution is 2.35. The summed E-state index contributed by atoms with van der Waals surface area (Å²) in [6, 6.07) is 6.71. The van der Waals surface area contributed by atoms with Gasteiger partial charge in [0.25, 0.3) is 5.91 Å². The third-order valence-electron chi connectivity index (χ3n) is 8.78. The number of ether oxygens (including phenoxy) is 1. The Kier molecular flexibility index (Phi) is 6.87. The fourth-order valence-corrected chi connectivity index (χ4v) is 6.73. The van der Waals surface area contributed by atoms with Crippen molar-refractivity contribution in [2.75, 3.05) is 13.2 Å². The molecule has 32 heavy (non-hydrogen) atoms. The van der Waals surface area contributed by atoms with Crippen LogP contribution in [0.1, 0.15) is 86.2 Å². The molecule has 3 fully saturated rings. The van der Waals surface area contributed by atoms with Crippen LogP contribution in [-0.2, 0) is 17.7 Å². The first kappa shape index (κ1) is 22.4. The first-order valence-corrected chi connectivity index (χ1v) is 13.1. The van der Waals surface area contributed by atoms with E-state index in [4.69, 9.17) is 4.74 Å². The van der Waals surface area contributed by atoms with Gasteiger partial charge in [0.1, 0.15) is 0 Å². The highest BCUT2D eigenvalue weighted by Gasteiger charge is 2.39. The molecule has 5 rings (SSSR count). The molecular weight excluding hydrogens is 400 g/mol. The second-order valence-corrected chi connectivity index (χ2v) is 10.7. The smallest absolute Gasteiger partial charge is 0.254 e. The molecule has 3 aliphatic heterocycles. The molecule has 3 heterocycles. The fraction of sp³-hybridized carbons (Fsp3) is 0.741. The van der Waals surface area contributed by atoms with Crippen molar-refractivity contribution in [2.24, 2.45) is 11.8 Å². The van der Waals surface area contributed by atoms with E-state index in [9.17, 15) is 9.90 Å². The Bertz CT molecular complexity index is 782. The lowest BCUT2D eigenvalue weighted by atomic mass is 9.77. The van der Waals surface area contributed by atoms with E-state index in [1.54, 1.807) is 0 Å². The molecule has 176 valence electrons. The van der Waals surface area contributed by atoms with E-state index in [1.807, 2.05) is 12.1 Å². The number of aliphatic hydroxyl groups is 1. The van der Waals surface area contributed by atoms with Crippen LogP contribution in [0.15, 0.2) is 18.2 Å². The van der Waals surface area contributed by atoms with Crippen LogP contribution < -0.4 is 5.32 Å². The number of carbonyl (C=O) groups excluding carboxylic acids is 1. The second-order valence-electron chi connectivity index (χ2n) is 10.7. The van der Waals surface area contributed by atoms with Gasteiger partial charge in [-0.1, -0.05) is 51.2 Å². The minimum absolute atomic E-state index is 0.0829. The van der Waals surface area contributed by atoms with Crippen molar-refractivity contribution in [2.45, 2.75) is 102 Å². The third kappa shape index (κ3) is 4.49. The summed E-state index contributed by atoms with van der Waals surface area (Å²) in [5.74, 6) is 1.73. The molecule has 1 aliphatic carbocycles. The molecule has 2 saturated heterocycles. The molecule has 1 aromatic carbocycles. The number of rotatable bonds is 5. The molecule has 2 bridgehead atoms. The highest BCUT2D eigenvalue weighted by atomic mass is 16.5. The third-order valence-corrected chi connectivity index (χ3v) is 8.78. The monoisotopic (exact) mass is 440 g/mol. The number of nitrogens with zero attached hydrogens (tertiary/aromatic N) is 1. The maximum atomic E-state index is 13.6. The van der Waals surface area contributed by atoms with E-state index in [0.717, 1.165) is 42.7 Å². The molecule has 4 aliphatic rings. The van der Waals surface area contributed by atoms with Gasteiger partial charge in [-0.2, -0.15) is 0 Å². The lowest BCUT2D eigenvalue weighted by Crippen LogP contribution is -2.57. The van der Waals surface area contributed by atoms with Crippen LogP contribution >= 0.6 is 0 Å². The van der Waals surface area contributed by atoms with Gasteiger partial charge in [-0.15, -0.1) is 0 Å². The Morgan fingerprint density at radius 2 is 1.84 bits per heavy atom. The zero-order valence-electron chi connectivity index (χ0n) is 19.6. The van der Waals surface area contributed by atoms with E-state index in [2.05, 4.69) is 23.2 Å². The van der Waals surface area contributed by atoms with E-state index >= 15 is 0 Å². The quantitative estimate of drug-likeness (QED) is 0.725. The number of hydrogen-bond acceptors (Lipinski definition) is 4. The molecule has 5 heteroatoms. The molecular formula is C27H40N2O3. The Labute approximate surface area is 192 Å². The molecule has 0 radical (unpaired) electrons. The summed E-state index contributed by atoms with van der Waals surface area (Å²) in [6.07, 6.45) is 11.1. The number of aliphatic hydroxyl groups excluding tert-OH is 1. The average molecular weight is 441 g/mol. The number of amides is 1. The molecule has 2 unspecified atom stereocenters. The summed E-state index contributed by atoms with van der Waals surface area (Å²) in [6.45, 7) is 4.31. The van der Waals surface area contributed by atoms with E-state index in [1.165, 1.54) is 44.1 Å². The van der Waals surface area contributed by atoms with Gasteiger partial charge in [0, 0.05) is 18.2 Å². The standard InChI is InChI=1S/C27H40N2O3/c1-2-18-9-11-19(12-10-18)13-26(30)25-14-20-5-3-8-23(24(20)15-28-25)27(31)29-21-6-4-7-22(29)17-32-16-21/h3,5,8,18-19,21-22,25-26,28,30H,2,4,6-7,9-17H2,1H3/t18?,19?,21?,22?,25-,26+/m0/s1. The summed E-state index contributed by atoms with van der Waals surface area (Å²) in [4.78, 5) is 15.7. The first-order valence-electron chi connectivity index (χ1n) is 13.1. The largest absolute Gasteiger partial charge is 0.391 e. The van der Waals surface area contributed by atoms with Crippen LogP contribution in [-0.4, -0.2) is 53.4 Å². The molecule has 0 aromatic heterocycles. The number of benzene rings is 1. The Morgan fingerprint density at radius 3 is 2.56 bits per heavy atom. The van der Waals surface area contributed by atoms with Crippen molar-refractivity contribution in [1.82, 2.24) is 10.2 Å². The van der Waals surface area contributed by atoms with Gasteiger partial charge in [-0.05, 0) is 61.1 Å². The molecule has 4 atom stereocenters. The molecule has 0 spiro atoms. The van der Waals surface area contributed by atoms with Crippen molar-refractivity contribution < 1.29 is 14.6 Å². The number of carbonyl (C=O) groups is 1. The molecule has 1 saturated carbocycles. The summed E-state index contributed by atoms with van der Waals surface area (Å²) in [5, 5.41) is 14.6. The van der Waals surface area contributed by atoms with E-state index < -0.39 is 0 Å². The van der Waals surface area contributed by atoms with Crippen molar-refractivity contribution in [1.29, 1.82) is 0 Å². The van der Waals surface area contributed by atoms with E-state index in [-0.39, 0.29) is 30.1 Å². The van der Waals surface area contributed by atoms with Gasteiger partial charge in [-0.25, -0.2) is 0 Å². The molecule has 1 amide bonds. The number of piperidine rings is 1. The topological polar surface area (TPSA) is 61.8 Å². The predicted octanol–water partition coefficient (Wildman–Crippen LogP) is 4.06. The molecule has 1 aromatic rings. The summed E-state index contributed by atoms with van der Waals surface area (Å²) in [7, 11) is 0. The zero-order valence-corrected chi connectivity index (χ0v) is 19.6. The maximum Gasteiger partial charge on any atom is 0.254 e. The van der Waals surface area contributed by atoms with Gasteiger partial charge in [0.2, 0.25) is 0 Å². The first-order chi connectivity index (χ1) is 15.6. The summed E-state index contributed by atoms with van der Waals surface area (Å²) < 4.78 is 5.75. The Hall–Kier alpha value is -1.43. The predicted molar refractivity (Wildman–Crippen MR) is 126 cm³/mol. The van der Waals surface area contributed by atoms with Crippen LogP contribution in [0, 0.1) is 11.8 Å². The number of fused-ring (bicyclic) bond motifs is 3. The SMILES string of the molecule is CCC1CCC(C[C@@H](O)[C@@H]2Cc3cccc(C(=O)N4C5CCCC4COC5)c3CN2)CC1. The lowest BCUT2D eigenvalue weighted by molar-refractivity contribution is -0.0566. The maximum absolute atomic E-state index is 13.6. The average Bonchev–Trinajstić information content (AvgIpc) is 2.82. The summed E-state index contributed by atoms with van der Waals surface area (Å²) in [5.41, 5.74) is 3.21. The fourth-order valence-electron chi connectivity index (χ4n) is 6.73. The van der Waals surface area contributed by atoms with Gasteiger partial charge in [-0.3, -0.25) is 4.79 Å². The highest BCUT2D eigenvalue weighted by molar-refractivity contribution is 5.96. The van der Waals surface area contributed by atoms with Crippen LogP contribution in [0.2, 0.25) is 0 Å².